The Kier molecular flexibility index (Phi) is 7.25. The van der Waals surface area contributed by atoms with Crippen molar-refractivity contribution in [3.05, 3.63) is 65.7 Å². The van der Waals surface area contributed by atoms with Gasteiger partial charge in [-0.05, 0) is 44.4 Å². The zero-order valence-corrected chi connectivity index (χ0v) is 14.9. The predicted octanol–water partition coefficient (Wildman–Crippen LogP) is 2.79. The third-order valence-corrected chi connectivity index (χ3v) is 3.85. The number of nitrogens with zero attached hydrogens (tertiary/aromatic N) is 2. The fraction of sp³-hybridized carbons (Fsp3) is 0.400. The van der Waals surface area contributed by atoms with Crippen molar-refractivity contribution < 1.29 is 9.84 Å². The summed E-state index contributed by atoms with van der Waals surface area (Å²) >= 11 is 0. The van der Waals surface area contributed by atoms with Crippen LogP contribution in [0.15, 0.2) is 54.6 Å². The average molecular weight is 328 g/mol. The first-order valence-electron chi connectivity index (χ1n) is 8.32. The minimum absolute atomic E-state index is 0.468. The summed E-state index contributed by atoms with van der Waals surface area (Å²) in [6, 6.07) is 18.0. The number of rotatable bonds is 9. The molecule has 0 heterocycles. The molecular weight excluding hydrogens is 300 g/mol. The van der Waals surface area contributed by atoms with Crippen molar-refractivity contribution >= 4 is 0 Å². The molecule has 0 radical (unpaired) electrons. The van der Waals surface area contributed by atoms with Gasteiger partial charge in [-0.2, -0.15) is 0 Å². The molecule has 2 aromatic carbocycles. The second kappa shape index (κ2) is 9.42. The summed E-state index contributed by atoms with van der Waals surface area (Å²) in [4.78, 5) is 4.22. The maximum absolute atomic E-state index is 10.3. The molecule has 0 spiro atoms. The fourth-order valence-electron chi connectivity index (χ4n) is 2.49. The minimum Gasteiger partial charge on any atom is -0.492 e. The number of benzene rings is 2. The van der Waals surface area contributed by atoms with Crippen molar-refractivity contribution in [2.24, 2.45) is 0 Å². The lowest BCUT2D eigenvalue weighted by Crippen LogP contribution is -2.24. The topological polar surface area (TPSA) is 35.9 Å². The molecule has 0 aliphatic rings. The predicted molar refractivity (Wildman–Crippen MR) is 98.2 cm³/mol. The second-order valence-corrected chi connectivity index (χ2v) is 6.42. The Morgan fingerprint density at radius 2 is 1.62 bits per heavy atom. The van der Waals surface area contributed by atoms with E-state index in [0.717, 1.165) is 24.4 Å². The molecule has 130 valence electrons. The molecule has 2 rings (SSSR count). The van der Waals surface area contributed by atoms with Gasteiger partial charge in [0.1, 0.15) is 12.4 Å². The van der Waals surface area contributed by atoms with E-state index in [1.807, 2.05) is 63.6 Å². The van der Waals surface area contributed by atoms with Crippen LogP contribution < -0.4 is 4.74 Å². The van der Waals surface area contributed by atoms with Crippen LogP contribution in [-0.4, -0.2) is 55.7 Å². The first-order valence-corrected chi connectivity index (χ1v) is 8.32. The Hall–Kier alpha value is -1.88. The number of hydrogen-bond acceptors (Lipinski definition) is 4. The van der Waals surface area contributed by atoms with Gasteiger partial charge in [-0.15, -0.1) is 0 Å². The summed E-state index contributed by atoms with van der Waals surface area (Å²) in [6.07, 6.45) is -0.468. The molecule has 0 aromatic heterocycles. The molecule has 0 saturated heterocycles. The number of aliphatic hydroxyl groups excluding tert-OH is 1. The van der Waals surface area contributed by atoms with E-state index in [1.165, 1.54) is 5.56 Å². The van der Waals surface area contributed by atoms with Crippen LogP contribution >= 0.6 is 0 Å². The van der Waals surface area contributed by atoms with Gasteiger partial charge in [0.25, 0.3) is 0 Å². The second-order valence-electron chi connectivity index (χ2n) is 6.42. The number of ether oxygens (including phenoxy) is 1. The minimum atomic E-state index is -0.468. The van der Waals surface area contributed by atoms with E-state index in [-0.39, 0.29) is 0 Å². The lowest BCUT2D eigenvalue weighted by Gasteiger charge is -2.21. The molecule has 4 heteroatoms. The van der Waals surface area contributed by atoms with Crippen LogP contribution in [0.4, 0.5) is 0 Å². The van der Waals surface area contributed by atoms with Crippen molar-refractivity contribution in [2.75, 3.05) is 40.8 Å². The zero-order valence-electron chi connectivity index (χ0n) is 14.9. The van der Waals surface area contributed by atoms with Crippen LogP contribution in [0.5, 0.6) is 5.75 Å². The van der Waals surface area contributed by atoms with Gasteiger partial charge >= 0.3 is 0 Å². The van der Waals surface area contributed by atoms with E-state index in [4.69, 9.17) is 4.74 Å². The van der Waals surface area contributed by atoms with E-state index in [2.05, 4.69) is 21.9 Å². The highest BCUT2D eigenvalue weighted by Crippen LogP contribution is 2.16. The molecule has 0 bridgehead atoms. The maximum atomic E-state index is 10.3. The number of hydrogen-bond donors (Lipinski definition) is 1. The molecule has 0 fully saturated rings. The van der Waals surface area contributed by atoms with E-state index in [1.54, 1.807) is 0 Å². The normalized spacial score (nSPS) is 12.6. The van der Waals surface area contributed by atoms with Gasteiger partial charge in [-0.1, -0.05) is 42.5 Å². The third-order valence-electron chi connectivity index (χ3n) is 3.85. The van der Waals surface area contributed by atoms with E-state index in [9.17, 15) is 5.11 Å². The van der Waals surface area contributed by atoms with E-state index in [0.29, 0.717) is 13.2 Å². The monoisotopic (exact) mass is 328 g/mol. The highest BCUT2D eigenvalue weighted by molar-refractivity contribution is 5.27. The SMILES string of the molecule is CN(C)CCOc1ccc(CN(C)CC(O)c2ccccc2)cc1. The van der Waals surface area contributed by atoms with Crippen molar-refractivity contribution in [2.45, 2.75) is 12.6 Å². The van der Waals surface area contributed by atoms with Crippen LogP contribution in [0, 0.1) is 0 Å². The molecule has 2 aromatic rings. The van der Waals surface area contributed by atoms with Gasteiger partial charge in [0.15, 0.2) is 0 Å². The van der Waals surface area contributed by atoms with Gasteiger partial charge in [0.2, 0.25) is 0 Å². The third kappa shape index (κ3) is 6.32. The van der Waals surface area contributed by atoms with Gasteiger partial charge < -0.3 is 14.7 Å². The first-order chi connectivity index (χ1) is 11.5. The first kappa shape index (κ1) is 18.5. The van der Waals surface area contributed by atoms with Crippen LogP contribution in [0.3, 0.4) is 0 Å². The van der Waals surface area contributed by atoms with Crippen LogP contribution in [0.2, 0.25) is 0 Å². The van der Waals surface area contributed by atoms with Gasteiger partial charge in [-0.3, -0.25) is 4.90 Å². The molecule has 1 N–H and O–H groups in total. The summed E-state index contributed by atoms with van der Waals surface area (Å²) in [5.74, 6) is 0.896. The van der Waals surface area contributed by atoms with Gasteiger partial charge in [0, 0.05) is 19.6 Å². The molecule has 1 atom stereocenters. The Labute approximate surface area is 145 Å². The average Bonchev–Trinajstić information content (AvgIpc) is 2.57. The number of aliphatic hydroxyl groups is 1. The Morgan fingerprint density at radius 3 is 2.25 bits per heavy atom. The molecule has 0 aliphatic heterocycles. The summed E-state index contributed by atoms with van der Waals surface area (Å²) < 4.78 is 5.70. The smallest absolute Gasteiger partial charge is 0.119 e. The molecule has 4 nitrogen and oxygen atoms in total. The van der Waals surface area contributed by atoms with Crippen LogP contribution in [0.25, 0.3) is 0 Å². The largest absolute Gasteiger partial charge is 0.492 e. The summed E-state index contributed by atoms with van der Waals surface area (Å²) in [5, 5.41) is 10.3. The standard InChI is InChI=1S/C20H28N2O2/c1-21(2)13-14-24-19-11-9-17(10-12-19)15-22(3)16-20(23)18-7-5-4-6-8-18/h4-12,20,23H,13-16H2,1-3H3. The van der Waals surface area contributed by atoms with Crippen LogP contribution in [-0.2, 0) is 6.54 Å². The maximum Gasteiger partial charge on any atom is 0.119 e. The van der Waals surface area contributed by atoms with Gasteiger partial charge in [0.05, 0.1) is 6.10 Å². The Bertz CT molecular complexity index is 584. The van der Waals surface area contributed by atoms with Crippen molar-refractivity contribution in [1.82, 2.24) is 9.80 Å². The van der Waals surface area contributed by atoms with Crippen molar-refractivity contribution in [1.29, 1.82) is 0 Å². The summed E-state index contributed by atoms with van der Waals surface area (Å²) in [7, 11) is 6.09. The zero-order chi connectivity index (χ0) is 17.4. The van der Waals surface area contributed by atoms with Crippen LogP contribution in [0.1, 0.15) is 17.2 Å². The number of likely N-dealkylation sites (N-methyl/N-ethyl adjacent to an activating group) is 2. The quantitative estimate of drug-likeness (QED) is 0.768. The highest BCUT2D eigenvalue weighted by atomic mass is 16.5. The lowest BCUT2D eigenvalue weighted by molar-refractivity contribution is 0.124. The lowest BCUT2D eigenvalue weighted by atomic mass is 10.1. The van der Waals surface area contributed by atoms with Crippen molar-refractivity contribution in [3.8, 4) is 5.75 Å². The molecule has 1 unspecified atom stereocenters. The summed E-state index contributed by atoms with van der Waals surface area (Å²) in [5.41, 5.74) is 2.16. The Morgan fingerprint density at radius 1 is 0.958 bits per heavy atom. The molecule has 0 aliphatic carbocycles. The fourth-order valence-corrected chi connectivity index (χ4v) is 2.49. The molecule has 0 amide bonds. The highest BCUT2D eigenvalue weighted by Gasteiger charge is 2.10. The van der Waals surface area contributed by atoms with Crippen molar-refractivity contribution in [3.63, 3.8) is 0 Å². The molecule has 0 saturated carbocycles. The molecule has 24 heavy (non-hydrogen) atoms. The van der Waals surface area contributed by atoms with E-state index >= 15 is 0 Å². The Balaban J connectivity index is 1.80. The summed E-state index contributed by atoms with van der Waals surface area (Å²) in [6.45, 7) is 2.99. The van der Waals surface area contributed by atoms with Gasteiger partial charge in [-0.25, -0.2) is 0 Å². The molecular formula is C20H28N2O2. The van der Waals surface area contributed by atoms with E-state index < -0.39 is 6.10 Å².